The quantitative estimate of drug-likeness (QED) is 0.826. The van der Waals surface area contributed by atoms with Gasteiger partial charge in [0.25, 0.3) is 0 Å². The maximum absolute atomic E-state index is 5.85. The van der Waals surface area contributed by atoms with Gasteiger partial charge in [-0.3, -0.25) is 4.90 Å². The van der Waals surface area contributed by atoms with E-state index in [1.165, 1.54) is 19.3 Å². The number of aromatic nitrogens is 3. The molecule has 1 heterocycles. The zero-order valence-corrected chi connectivity index (χ0v) is 11.5. The van der Waals surface area contributed by atoms with Crippen molar-refractivity contribution in [2.45, 2.75) is 51.7 Å². The topological polar surface area (TPSA) is 60.0 Å². The molecule has 1 saturated carbocycles. The molecule has 2 unspecified atom stereocenters. The SMILES string of the molecule is CCCn1ncnc1CN(C)C1CCCC1CN. The molecule has 1 aromatic heterocycles. The second-order valence-electron chi connectivity index (χ2n) is 5.31. The monoisotopic (exact) mass is 251 g/mol. The van der Waals surface area contributed by atoms with E-state index in [2.05, 4.69) is 29.0 Å². The predicted octanol–water partition coefficient (Wildman–Crippen LogP) is 1.25. The van der Waals surface area contributed by atoms with Crippen LogP contribution in [0.25, 0.3) is 0 Å². The van der Waals surface area contributed by atoms with Crippen molar-refractivity contribution in [3.8, 4) is 0 Å². The summed E-state index contributed by atoms with van der Waals surface area (Å²) in [6.45, 7) is 4.79. The summed E-state index contributed by atoms with van der Waals surface area (Å²) >= 11 is 0. The van der Waals surface area contributed by atoms with E-state index in [0.29, 0.717) is 12.0 Å². The highest BCUT2D eigenvalue weighted by Gasteiger charge is 2.29. The molecule has 1 aromatic rings. The van der Waals surface area contributed by atoms with Crippen LogP contribution in [0.3, 0.4) is 0 Å². The highest BCUT2D eigenvalue weighted by molar-refractivity contribution is 4.90. The third-order valence-corrected chi connectivity index (χ3v) is 4.01. The van der Waals surface area contributed by atoms with Gasteiger partial charge in [-0.15, -0.1) is 0 Å². The molecule has 0 amide bonds. The van der Waals surface area contributed by atoms with Crippen molar-refractivity contribution in [1.82, 2.24) is 19.7 Å². The summed E-state index contributed by atoms with van der Waals surface area (Å²) in [5.41, 5.74) is 5.85. The number of hydrogen-bond acceptors (Lipinski definition) is 4. The van der Waals surface area contributed by atoms with Crippen LogP contribution in [0.15, 0.2) is 6.33 Å². The summed E-state index contributed by atoms with van der Waals surface area (Å²) < 4.78 is 2.02. The summed E-state index contributed by atoms with van der Waals surface area (Å²) in [7, 11) is 2.18. The van der Waals surface area contributed by atoms with Gasteiger partial charge >= 0.3 is 0 Å². The normalized spacial score (nSPS) is 24.0. The lowest BCUT2D eigenvalue weighted by molar-refractivity contribution is 0.185. The van der Waals surface area contributed by atoms with Crippen LogP contribution >= 0.6 is 0 Å². The van der Waals surface area contributed by atoms with Crippen molar-refractivity contribution in [1.29, 1.82) is 0 Å². The fraction of sp³-hybridized carbons (Fsp3) is 0.846. The van der Waals surface area contributed by atoms with E-state index in [9.17, 15) is 0 Å². The first-order valence-electron chi connectivity index (χ1n) is 7.03. The van der Waals surface area contributed by atoms with Gasteiger partial charge in [0.2, 0.25) is 0 Å². The number of rotatable bonds is 6. The molecule has 1 aliphatic rings. The highest BCUT2D eigenvalue weighted by Crippen LogP contribution is 2.29. The Balaban J connectivity index is 1.97. The minimum Gasteiger partial charge on any atom is -0.330 e. The lowest BCUT2D eigenvalue weighted by Gasteiger charge is -2.28. The number of nitrogens with two attached hydrogens (primary N) is 1. The Labute approximate surface area is 109 Å². The summed E-state index contributed by atoms with van der Waals surface area (Å²) in [5.74, 6) is 1.72. The van der Waals surface area contributed by atoms with E-state index < -0.39 is 0 Å². The van der Waals surface area contributed by atoms with Crippen molar-refractivity contribution >= 4 is 0 Å². The molecule has 5 heteroatoms. The molecule has 0 saturated heterocycles. The van der Waals surface area contributed by atoms with Gasteiger partial charge < -0.3 is 5.73 Å². The second-order valence-corrected chi connectivity index (χ2v) is 5.31. The minimum absolute atomic E-state index is 0.613. The minimum atomic E-state index is 0.613. The standard InChI is InChI=1S/C13H25N5/c1-3-7-18-13(15-10-16-18)9-17(2)12-6-4-5-11(12)8-14/h10-12H,3-9,14H2,1-2H3. The van der Waals surface area contributed by atoms with Crippen molar-refractivity contribution in [3.63, 3.8) is 0 Å². The van der Waals surface area contributed by atoms with E-state index in [4.69, 9.17) is 5.73 Å². The number of nitrogens with zero attached hydrogens (tertiary/aromatic N) is 4. The molecule has 1 fully saturated rings. The molecule has 2 rings (SSSR count). The Bertz CT molecular complexity index is 362. The molecule has 0 radical (unpaired) electrons. The summed E-state index contributed by atoms with van der Waals surface area (Å²) in [4.78, 5) is 6.78. The van der Waals surface area contributed by atoms with Crippen LogP contribution in [0, 0.1) is 5.92 Å². The fourth-order valence-electron chi connectivity index (χ4n) is 3.02. The Hall–Kier alpha value is -0.940. The average molecular weight is 251 g/mol. The van der Waals surface area contributed by atoms with Crippen molar-refractivity contribution in [2.24, 2.45) is 11.7 Å². The lowest BCUT2D eigenvalue weighted by atomic mass is 10.0. The Morgan fingerprint density at radius 3 is 3.06 bits per heavy atom. The molecule has 1 aliphatic carbocycles. The summed E-state index contributed by atoms with van der Waals surface area (Å²) in [6.07, 6.45) is 6.59. The fourth-order valence-corrected chi connectivity index (χ4v) is 3.02. The van der Waals surface area contributed by atoms with Crippen LogP contribution in [-0.2, 0) is 13.1 Å². The van der Waals surface area contributed by atoms with Gasteiger partial charge in [-0.2, -0.15) is 5.10 Å². The zero-order chi connectivity index (χ0) is 13.0. The van der Waals surface area contributed by atoms with E-state index in [0.717, 1.165) is 31.9 Å². The predicted molar refractivity (Wildman–Crippen MR) is 72.0 cm³/mol. The molecule has 0 aromatic carbocycles. The van der Waals surface area contributed by atoms with Gasteiger partial charge in [-0.05, 0) is 38.8 Å². The van der Waals surface area contributed by atoms with Crippen molar-refractivity contribution < 1.29 is 0 Å². The van der Waals surface area contributed by atoms with Crippen LogP contribution in [0.4, 0.5) is 0 Å². The number of hydrogen-bond donors (Lipinski definition) is 1. The van der Waals surface area contributed by atoms with Gasteiger partial charge in [-0.25, -0.2) is 9.67 Å². The first-order chi connectivity index (χ1) is 8.76. The Kier molecular flexibility index (Phi) is 4.72. The summed E-state index contributed by atoms with van der Waals surface area (Å²) in [6, 6.07) is 0.613. The molecule has 0 bridgehead atoms. The molecule has 5 nitrogen and oxygen atoms in total. The molecule has 0 aliphatic heterocycles. The van der Waals surface area contributed by atoms with E-state index >= 15 is 0 Å². The molecule has 0 spiro atoms. The van der Waals surface area contributed by atoms with Crippen LogP contribution in [0.2, 0.25) is 0 Å². The van der Waals surface area contributed by atoms with Crippen LogP contribution in [0.5, 0.6) is 0 Å². The van der Waals surface area contributed by atoms with Crippen LogP contribution < -0.4 is 5.73 Å². The molecule has 2 atom stereocenters. The van der Waals surface area contributed by atoms with Crippen LogP contribution in [-0.4, -0.2) is 39.3 Å². The zero-order valence-electron chi connectivity index (χ0n) is 11.5. The van der Waals surface area contributed by atoms with Gasteiger partial charge in [0.1, 0.15) is 12.2 Å². The second kappa shape index (κ2) is 6.29. The van der Waals surface area contributed by atoms with Crippen molar-refractivity contribution in [3.05, 3.63) is 12.2 Å². The van der Waals surface area contributed by atoms with E-state index in [-0.39, 0.29) is 0 Å². The van der Waals surface area contributed by atoms with E-state index in [1.54, 1.807) is 6.33 Å². The third-order valence-electron chi connectivity index (χ3n) is 4.01. The molecule has 2 N–H and O–H groups in total. The van der Waals surface area contributed by atoms with Gasteiger partial charge in [0.15, 0.2) is 0 Å². The summed E-state index contributed by atoms with van der Waals surface area (Å²) in [5, 5.41) is 4.28. The van der Waals surface area contributed by atoms with Gasteiger partial charge in [-0.1, -0.05) is 13.3 Å². The maximum Gasteiger partial charge on any atom is 0.141 e. The first-order valence-corrected chi connectivity index (χ1v) is 7.03. The molecular weight excluding hydrogens is 226 g/mol. The number of aryl methyl sites for hydroxylation is 1. The Morgan fingerprint density at radius 1 is 1.50 bits per heavy atom. The molecule has 18 heavy (non-hydrogen) atoms. The third kappa shape index (κ3) is 2.90. The molecule has 102 valence electrons. The first kappa shape index (κ1) is 13.5. The smallest absolute Gasteiger partial charge is 0.141 e. The average Bonchev–Trinajstić information content (AvgIpc) is 2.98. The van der Waals surface area contributed by atoms with Gasteiger partial charge in [0.05, 0.1) is 6.54 Å². The van der Waals surface area contributed by atoms with Gasteiger partial charge in [0, 0.05) is 12.6 Å². The Morgan fingerprint density at radius 2 is 2.33 bits per heavy atom. The van der Waals surface area contributed by atoms with Crippen LogP contribution in [0.1, 0.15) is 38.4 Å². The molecular formula is C13H25N5. The van der Waals surface area contributed by atoms with E-state index in [1.807, 2.05) is 4.68 Å². The highest BCUT2D eigenvalue weighted by atomic mass is 15.3. The largest absolute Gasteiger partial charge is 0.330 e. The maximum atomic E-state index is 5.85. The van der Waals surface area contributed by atoms with Crippen molar-refractivity contribution in [2.75, 3.05) is 13.6 Å². The lowest BCUT2D eigenvalue weighted by Crippen LogP contribution is -2.37.